The van der Waals surface area contributed by atoms with E-state index in [-0.39, 0.29) is 17.9 Å². The van der Waals surface area contributed by atoms with Crippen LogP contribution in [0.2, 0.25) is 0 Å². The molecule has 25 heavy (non-hydrogen) atoms. The Morgan fingerprint density at radius 1 is 1.36 bits per heavy atom. The van der Waals surface area contributed by atoms with Gasteiger partial charge in [-0.15, -0.1) is 0 Å². The number of aryl methyl sites for hydroxylation is 1. The molecule has 0 aromatic carbocycles. The van der Waals surface area contributed by atoms with Gasteiger partial charge in [0.25, 0.3) is 0 Å². The Kier molecular flexibility index (Phi) is 6.22. The molecule has 0 radical (unpaired) electrons. The van der Waals surface area contributed by atoms with E-state index in [9.17, 15) is 9.59 Å². The molecular formula is C18H27N3O4. The quantitative estimate of drug-likeness (QED) is 0.833. The first kappa shape index (κ1) is 19.0. The van der Waals surface area contributed by atoms with Crippen LogP contribution in [0.25, 0.3) is 0 Å². The van der Waals surface area contributed by atoms with Crippen LogP contribution in [0.3, 0.4) is 0 Å². The number of nitrogens with zero attached hydrogens (tertiary/aromatic N) is 3. The average Bonchev–Trinajstić information content (AvgIpc) is 2.63. The molecule has 0 bridgehead atoms. The summed E-state index contributed by atoms with van der Waals surface area (Å²) in [5.74, 6) is 0.625. The number of carbonyl (C=O) groups is 2. The summed E-state index contributed by atoms with van der Waals surface area (Å²) >= 11 is 0. The van der Waals surface area contributed by atoms with Gasteiger partial charge in [-0.2, -0.15) is 0 Å². The summed E-state index contributed by atoms with van der Waals surface area (Å²) in [5, 5.41) is 0. The van der Waals surface area contributed by atoms with Crippen molar-refractivity contribution in [3.05, 3.63) is 23.0 Å². The molecule has 1 aliphatic rings. The zero-order chi connectivity index (χ0) is 18.6. The number of amides is 2. The summed E-state index contributed by atoms with van der Waals surface area (Å²) in [6, 6.07) is 0. The Balaban J connectivity index is 2.07. The second-order valence-electron chi connectivity index (χ2n) is 6.50. The first-order valence-corrected chi connectivity index (χ1v) is 8.46. The number of piperidine rings is 1. The van der Waals surface area contributed by atoms with E-state index < -0.39 is 0 Å². The fourth-order valence-corrected chi connectivity index (χ4v) is 3.32. The van der Waals surface area contributed by atoms with E-state index in [0.717, 1.165) is 35.4 Å². The molecule has 1 aliphatic heterocycles. The van der Waals surface area contributed by atoms with Gasteiger partial charge in [-0.1, -0.05) is 0 Å². The van der Waals surface area contributed by atoms with Crippen LogP contribution in [0.1, 0.15) is 29.7 Å². The van der Waals surface area contributed by atoms with Gasteiger partial charge in [-0.05, 0) is 26.7 Å². The Morgan fingerprint density at radius 2 is 2.08 bits per heavy atom. The number of likely N-dealkylation sites (tertiary alicyclic amines) is 1. The number of aromatic nitrogens is 1. The average molecular weight is 349 g/mol. The molecule has 7 nitrogen and oxygen atoms in total. The molecule has 2 amide bonds. The molecular weight excluding hydrogens is 322 g/mol. The maximum Gasteiger partial charge on any atom is 0.409 e. The van der Waals surface area contributed by atoms with Gasteiger partial charge in [0.2, 0.25) is 5.91 Å². The molecule has 2 rings (SSSR count). The Bertz CT molecular complexity index is 647. The van der Waals surface area contributed by atoms with E-state index in [1.807, 2.05) is 13.8 Å². The van der Waals surface area contributed by atoms with Gasteiger partial charge < -0.3 is 19.3 Å². The van der Waals surface area contributed by atoms with Crippen molar-refractivity contribution in [3.63, 3.8) is 0 Å². The van der Waals surface area contributed by atoms with Gasteiger partial charge in [0.1, 0.15) is 5.75 Å². The van der Waals surface area contributed by atoms with Gasteiger partial charge in [-0.3, -0.25) is 9.78 Å². The smallest absolute Gasteiger partial charge is 0.409 e. The highest BCUT2D eigenvalue weighted by Crippen LogP contribution is 2.25. The third kappa shape index (κ3) is 4.21. The molecule has 0 N–H and O–H groups in total. The number of pyridine rings is 1. The normalized spacial score (nSPS) is 17.2. The fraction of sp³-hybridized carbons (Fsp3) is 0.611. The topological polar surface area (TPSA) is 72.0 Å². The van der Waals surface area contributed by atoms with E-state index in [1.54, 1.807) is 30.2 Å². The van der Waals surface area contributed by atoms with Crippen LogP contribution in [0.5, 0.6) is 5.75 Å². The standard InChI is InChI=1S/C18H27N3O4/c1-12-9-19-15(13(2)16(12)24-4)11-20(3)17(22)14-7-6-8-21(10-14)18(23)25-5/h9,14H,6-8,10-11H2,1-5H3. The number of hydrogen-bond donors (Lipinski definition) is 0. The summed E-state index contributed by atoms with van der Waals surface area (Å²) in [6.45, 7) is 5.35. The van der Waals surface area contributed by atoms with Gasteiger partial charge in [0.05, 0.1) is 32.4 Å². The van der Waals surface area contributed by atoms with Gasteiger partial charge in [0.15, 0.2) is 0 Å². The largest absolute Gasteiger partial charge is 0.496 e. The van der Waals surface area contributed by atoms with E-state index in [2.05, 4.69) is 4.98 Å². The maximum atomic E-state index is 12.8. The minimum absolute atomic E-state index is 0.0225. The Labute approximate surface area is 148 Å². The molecule has 1 unspecified atom stereocenters. The lowest BCUT2D eigenvalue weighted by Gasteiger charge is -2.33. The molecule has 138 valence electrons. The fourth-order valence-electron chi connectivity index (χ4n) is 3.32. The first-order valence-electron chi connectivity index (χ1n) is 8.46. The lowest BCUT2D eigenvalue weighted by atomic mass is 9.96. The molecule has 1 saturated heterocycles. The van der Waals surface area contributed by atoms with E-state index in [1.165, 1.54) is 7.11 Å². The van der Waals surface area contributed by atoms with E-state index in [4.69, 9.17) is 9.47 Å². The molecule has 0 saturated carbocycles. The Morgan fingerprint density at radius 3 is 2.72 bits per heavy atom. The lowest BCUT2D eigenvalue weighted by molar-refractivity contribution is -0.136. The number of ether oxygens (including phenoxy) is 2. The van der Waals surface area contributed by atoms with Crippen molar-refractivity contribution in [1.82, 2.24) is 14.8 Å². The summed E-state index contributed by atoms with van der Waals surface area (Å²) in [4.78, 5) is 32.2. The molecule has 1 aromatic heterocycles. The summed E-state index contributed by atoms with van der Waals surface area (Å²) < 4.78 is 10.2. The molecule has 2 heterocycles. The van der Waals surface area contributed by atoms with Crippen molar-refractivity contribution >= 4 is 12.0 Å². The van der Waals surface area contributed by atoms with Gasteiger partial charge in [-0.25, -0.2) is 4.79 Å². The molecule has 0 aliphatic carbocycles. The van der Waals surface area contributed by atoms with Crippen LogP contribution in [0, 0.1) is 19.8 Å². The number of rotatable bonds is 4. The van der Waals surface area contributed by atoms with Crippen molar-refractivity contribution in [1.29, 1.82) is 0 Å². The number of methoxy groups -OCH3 is 2. The molecule has 1 atom stereocenters. The third-order valence-electron chi connectivity index (χ3n) is 4.72. The van der Waals surface area contributed by atoms with Crippen LogP contribution in [-0.2, 0) is 16.1 Å². The van der Waals surface area contributed by atoms with Gasteiger partial charge in [0, 0.05) is 37.5 Å². The summed E-state index contributed by atoms with van der Waals surface area (Å²) in [6.07, 6.45) is 2.97. The minimum atomic E-state index is -0.374. The van der Waals surface area contributed by atoms with Crippen molar-refractivity contribution in [2.24, 2.45) is 5.92 Å². The number of carbonyl (C=O) groups excluding carboxylic acids is 2. The minimum Gasteiger partial charge on any atom is -0.496 e. The Hall–Kier alpha value is -2.31. The van der Waals surface area contributed by atoms with Crippen LogP contribution < -0.4 is 4.74 Å². The monoisotopic (exact) mass is 349 g/mol. The zero-order valence-corrected chi connectivity index (χ0v) is 15.7. The highest BCUT2D eigenvalue weighted by atomic mass is 16.5. The maximum absolute atomic E-state index is 12.8. The predicted octanol–water partition coefficient (Wildman–Crippen LogP) is 2.14. The van der Waals surface area contributed by atoms with Crippen molar-refractivity contribution in [3.8, 4) is 5.75 Å². The van der Waals surface area contributed by atoms with E-state index in [0.29, 0.717) is 19.6 Å². The second-order valence-corrected chi connectivity index (χ2v) is 6.50. The molecule has 7 heteroatoms. The van der Waals surface area contributed by atoms with Crippen LogP contribution >= 0.6 is 0 Å². The van der Waals surface area contributed by atoms with Crippen LogP contribution in [0.15, 0.2) is 6.20 Å². The van der Waals surface area contributed by atoms with Crippen molar-refractivity contribution in [2.45, 2.75) is 33.2 Å². The highest BCUT2D eigenvalue weighted by molar-refractivity contribution is 5.80. The SMILES string of the molecule is COC(=O)N1CCCC(C(=O)N(C)Cc2ncc(C)c(OC)c2C)C1. The van der Waals surface area contributed by atoms with Gasteiger partial charge >= 0.3 is 6.09 Å². The second kappa shape index (κ2) is 8.18. The van der Waals surface area contributed by atoms with Crippen molar-refractivity contribution in [2.75, 3.05) is 34.4 Å². The first-order chi connectivity index (χ1) is 11.9. The summed E-state index contributed by atoms with van der Waals surface area (Å²) in [7, 11) is 4.77. The van der Waals surface area contributed by atoms with E-state index >= 15 is 0 Å². The molecule has 0 spiro atoms. The highest BCUT2D eigenvalue weighted by Gasteiger charge is 2.30. The predicted molar refractivity (Wildman–Crippen MR) is 93.4 cm³/mol. The third-order valence-corrected chi connectivity index (χ3v) is 4.72. The van der Waals surface area contributed by atoms with Crippen LogP contribution in [-0.4, -0.2) is 61.1 Å². The molecule has 1 aromatic rings. The van der Waals surface area contributed by atoms with Crippen LogP contribution in [0.4, 0.5) is 4.79 Å². The number of hydrogen-bond acceptors (Lipinski definition) is 5. The van der Waals surface area contributed by atoms with Crippen molar-refractivity contribution < 1.29 is 19.1 Å². The molecule has 1 fully saturated rings. The summed E-state index contributed by atoms with van der Waals surface area (Å²) in [5.41, 5.74) is 2.74. The zero-order valence-electron chi connectivity index (χ0n) is 15.7. The lowest BCUT2D eigenvalue weighted by Crippen LogP contribution is -2.45.